The van der Waals surface area contributed by atoms with Crippen molar-refractivity contribution in [2.75, 3.05) is 23.8 Å². The van der Waals surface area contributed by atoms with E-state index in [9.17, 15) is 9.59 Å². The van der Waals surface area contributed by atoms with E-state index in [0.29, 0.717) is 18.0 Å². The fourth-order valence-corrected chi connectivity index (χ4v) is 4.37. The molecule has 2 fully saturated rings. The Morgan fingerprint density at radius 2 is 1.81 bits per heavy atom. The predicted octanol–water partition coefficient (Wildman–Crippen LogP) is 4.23. The summed E-state index contributed by atoms with van der Waals surface area (Å²) in [5, 5.41) is 9.99. The molecule has 2 aliphatic heterocycles. The van der Waals surface area contributed by atoms with Gasteiger partial charge in [0.25, 0.3) is 5.91 Å². The van der Waals surface area contributed by atoms with E-state index in [1.165, 1.54) is 5.56 Å². The van der Waals surface area contributed by atoms with Crippen molar-refractivity contribution in [1.82, 2.24) is 4.90 Å². The average Bonchev–Trinajstić information content (AvgIpc) is 3.43. The van der Waals surface area contributed by atoms with Crippen LogP contribution in [0.15, 0.2) is 41.1 Å². The Hall–Kier alpha value is -2.38. The normalized spacial score (nSPS) is 22.0. The molecule has 142 valence electrons. The van der Waals surface area contributed by atoms with Crippen LogP contribution in [0.5, 0.6) is 0 Å². The molecule has 2 aliphatic rings. The maximum absolute atomic E-state index is 12.7. The summed E-state index contributed by atoms with van der Waals surface area (Å²) in [6.45, 7) is 1.41. The van der Waals surface area contributed by atoms with E-state index >= 15 is 0 Å². The Bertz CT molecular complexity index is 785. The van der Waals surface area contributed by atoms with Gasteiger partial charge in [0.1, 0.15) is 6.10 Å². The summed E-state index contributed by atoms with van der Waals surface area (Å²) in [4.78, 5) is 26.7. The lowest BCUT2D eigenvalue weighted by Crippen LogP contribution is -2.34. The Kier molecular flexibility index (Phi) is 5.40. The second kappa shape index (κ2) is 8.10. The maximum Gasteiger partial charge on any atom is 0.322 e. The lowest BCUT2D eigenvalue weighted by Gasteiger charge is -2.24. The van der Waals surface area contributed by atoms with Crippen LogP contribution in [0.1, 0.15) is 37.3 Å². The van der Waals surface area contributed by atoms with Gasteiger partial charge in [-0.25, -0.2) is 4.79 Å². The van der Waals surface area contributed by atoms with Gasteiger partial charge in [-0.1, -0.05) is 0 Å². The van der Waals surface area contributed by atoms with Crippen LogP contribution in [-0.2, 0) is 9.53 Å². The second-order valence-electron chi connectivity index (χ2n) is 6.91. The molecule has 1 aromatic heterocycles. The van der Waals surface area contributed by atoms with Gasteiger partial charge in [-0.2, -0.15) is 11.3 Å². The van der Waals surface area contributed by atoms with Crippen molar-refractivity contribution >= 4 is 34.6 Å². The molecule has 0 radical (unpaired) electrons. The van der Waals surface area contributed by atoms with E-state index in [4.69, 9.17) is 4.74 Å². The lowest BCUT2D eigenvalue weighted by atomic mass is 10.1. The first-order valence-electron chi connectivity index (χ1n) is 9.33. The largest absolute Gasteiger partial charge is 0.368 e. The summed E-state index contributed by atoms with van der Waals surface area (Å²) in [6, 6.07) is 9.36. The van der Waals surface area contributed by atoms with Crippen molar-refractivity contribution in [3.63, 3.8) is 0 Å². The third-order valence-corrected chi connectivity index (χ3v) is 5.77. The minimum Gasteiger partial charge on any atom is -0.368 e. The molecular weight excluding hydrogens is 362 g/mol. The number of amides is 3. The predicted molar refractivity (Wildman–Crippen MR) is 106 cm³/mol. The highest BCUT2D eigenvalue weighted by Crippen LogP contribution is 2.33. The molecule has 2 aromatic rings. The highest BCUT2D eigenvalue weighted by molar-refractivity contribution is 7.08. The molecule has 0 aliphatic carbocycles. The standard InChI is InChI=1S/C20H23N3O3S/c24-19(18-4-2-11-26-18)21-15-5-7-16(8-6-15)22-20(25)23-10-1-3-17(23)14-9-12-27-13-14/h5-9,12-13,17-18H,1-4,10-11H2,(H,21,24)(H,22,25)/t17-,18-/m1/s1. The molecule has 3 heterocycles. The molecule has 3 amide bonds. The number of thiophene rings is 1. The van der Waals surface area contributed by atoms with E-state index in [1.54, 1.807) is 35.6 Å². The quantitative estimate of drug-likeness (QED) is 0.827. The fourth-order valence-electron chi connectivity index (χ4n) is 3.66. The summed E-state index contributed by atoms with van der Waals surface area (Å²) in [5.41, 5.74) is 2.62. The van der Waals surface area contributed by atoms with Gasteiger partial charge in [-0.15, -0.1) is 0 Å². The summed E-state index contributed by atoms with van der Waals surface area (Å²) >= 11 is 1.66. The fraction of sp³-hybridized carbons (Fsp3) is 0.400. The number of hydrogen-bond acceptors (Lipinski definition) is 4. The zero-order valence-corrected chi connectivity index (χ0v) is 15.8. The van der Waals surface area contributed by atoms with Crippen LogP contribution in [0.4, 0.5) is 16.2 Å². The number of nitrogens with zero attached hydrogens (tertiary/aromatic N) is 1. The Morgan fingerprint density at radius 3 is 2.48 bits per heavy atom. The number of hydrogen-bond donors (Lipinski definition) is 2. The molecular formula is C20H23N3O3S. The first-order chi connectivity index (χ1) is 13.2. The number of urea groups is 1. The van der Waals surface area contributed by atoms with Crippen LogP contribution in [0.3, 0.4) is 0 Å². The van der Waals surface area contributed by atoms with Gasteiger partial charge in [0.05, 0.1) is 6.04 Å². The Balaban J connectivity index is 1.35. The van der Waals surface area contributed by atoms with Crippen molar-refractivity contribution in [2.45, 2.75) is 37.8 Å². The van der Waals surface area contributed by atoms with Crippen LogP contribution in [0.25, 0.3) is 0 Å². The van der Waals surface area contributed by atoms with Crippen LogP contribution >= 0.6 is 11.3 Å². The summed E-state index contributed by atoms with van der Waals surface area (Å²) < 4.78 is 5.39. The molecule has 1 aromatic carbocycles. The third-order valence-electron chi connectivity index (χ3n) is 5.07. The van der Waals surface area contributed by atoms with Crippen molar-refractivity contribution in [3.05, 3.63) is 46.7 Å². The van der Waals surface area contributed by atoms with E-state index < -0.39 is 0 Å². The molecule has 2 saturated heterocycles. The van der Waals surface area contributed by atoms with Crippen molar-refractivity contribution < 1.29 is 14.3 Å². The summed E-state index contributed by atoms with van der Waals surface area (Å²) in [6.07, 6.45) is 3.35. The minimum absolute atomic E-state index is 0.0835. The molecule has 2 N–H and O–H groups in total. The van der Waals surface area contributed by atoms with Gasteiger partial charge < -0.3 is 20.3 Å². The molecule has 0 unspecified atom stereocenters. The Labute approximate surface area is 162 Å². The molecule has 27 heavy (non-hydrogen) atoms. The van der Waals surface area contributed by atoms with Crippen molar-refractivity contribution in [2.24, 2.45) is 0 Å². The van der Waals surface area contributed by atoms with E-state index in [1.807, 2.05) is 10.3 Å². The average molecular weight is 385 g/mol. The molecule has 6 nitrogen and oxygen atoms in total. The van der Waals surface area contributed by atoms with Gasteiger partial charge in [0.2, 0.25) is 0 Å². The number of likely N-dealkylation sites (tertiary alicyclic amines) is 1. The number of carbonyl (C=O) groups excluding carboxylic acids is 2. The highest BCUT2D eigenvalue weighted by atomic mass is 32.1. The second-order valence-corrected chi connectivity index (χ2v) is 7.69. The first kappa shape index (κ1) is 18.0. The lowest BCUT2D eigenvalue weighted by molar-refractivity contribution is -0.124. The number of carbonyl (C=O) groups is 2. The number of ether oxygens (including phenoxy) is 1. The van der Waals surface area contributed by atoms with E-state index in [0.717, 1.165) is 32.2 Å². The smallest absolute Gasteiger partial charge is 0.322 e. The maximum atomic E-state index is 12.7. The van der Waals surface area contributed by atoms with Gasteiger partial charge in [0, 0.05) is 24.5 Å². The van der Waals surface area contributed by atoms with Gasteiger partial charge in [0.15, 0.2) is 0 Å². The molecule has 0 bridgehead atoms. The molecule has 0 spiro atoms. The summed E-state index contributed by atoms with van der Waals surface area (Å²) in [5.74, 6) is -0.111. The van der Waals surface area contributed by atoms with Crippen LogP contribution in [0.2, 0.25) is 0 Å². The monoisotopic (exact) mass is 385 g/mol. The summed E-state index contributed by atoms with van der Waals surface area (Å²) in [7, 11) is 0. The van der Waals surface area contributed by atoms with Gasteiger partial charge in [-0.05, 0) is 72.3 Å². The first-order valence-corrected chi connectivity index (χ1v) is 10.3. The Morgan fingerprint density at radius 1 is 1.04 bits per heavy atom. The van der Waals surface area contributed by atoms with Crippen LogP contribution in [-0.4, -0.2) is 36.1 Å². The zero-order valence-electron chi connectivity index (χ0n) is 15.0. The molecule has 2 atom stereocenters. The van der Waals surface area contributed by atoms with Crippen molar-refractivity contribution in [1.29, 1.82) is 0 Å². The molecule has 7 heteroatoms. The van der Waals surface area contributed by atoms with Crippen LogP contribution in [0, 0.1) is 0 Å². The SMILES string of the molecule is O=C(Nc1ccc(NC(=O)N2CCC[C@@H]2c2ccsc2)cc1)[C@H]1CCCO1. The van der Waals surface area contributed by atoms with E-state index in [-0.39, 0.29) is 24.1 Å². The molecule has 0 saturated carbocycles. The third kappa shape index (κ3) is 4.14. The van der Waals surface area contributed by atoms with Gasteiger partial charge >= 0.3 is 6.03 Å². The topological polar surface area (TPSA) is 70.7 Å². The number of nitrogens with one attached hydrogen (secondary N) is 2. The number of benzene rings is 1. The highest BCUT2D eigenvalue weighted by Gasteiger charge is 2.30. The zero-order chi connectivity index (χ0) is 18.6. The molecule has 4 rings (SSSR count). The van der Waals surface area contributed by atoms with Crippen molar-refractivity contribution in [3.8, 4) is 0 Å². The van der Waals surface area contributed by atoms with Crippen LogP contribution < -0.4 is 10.6 Å². The van der Waals surface area contributed by atoms with Gasteiger partial charge in [-0.3, -0.25) is 4.79 Å². The number of anilines is 2. The minimum atomic E-state index is -0.353. The number of rotatable bonds is 4. The van der Waals surface area contributed by atoms with E-state index in [2.05, 4.69) is 22.1 Å².